The Morgan fingerprint density at radius 3 is 2.55 bits per heavy atom. The highest BCUT2D eigenvalue weighted by atomic mass is 19.1. The molecule has 3 aromatic rings. The number of aliphatic hydroxyl groups is 1. The van der Waals surface area contributed by atoms with Crippen molar-refractivity contribution < 1.29 is 9.50 Å². The lowest BCUT2D eigenvalue weighted by Gasteiger charge is -2.39. The van der Waals surface area contributed by atoms with Crippen LogP contribution in [-0.2, 0) is 6.54 Å². The van der Waals surface area contributed by atoms with E-state index in [1.54, 1.807) is 0 Å². The topological polar surface area (TPSA) is 59.9 Å². The Hall–Kier alpha value is -3.22. The van der Waals surface area contributed by atoms with Gasteiger partial charge in [0.25, 0.3) is 0 Å². The van der Waals surface area contributed by atoms with E-state index in [-0.39, 0.29) is 17.8 Å². The van der Waals surface area contributed by atoms with Gasteiger partial charge in [-0.05, 0) is 42.9 Å². The maximum Gasteiger partial charge on any atom is 0.166 e. The number of hydrazone groups is 1. The van der Waals surface area contributed by atoms with Gasteiger partial charge in [-0.15, -0.1) is 0 Å². The Bertz CT molecular complexity index is 1150. The fourth-order valence-electron chi connectivity index (χ4n) is 4.67. The van der Waals surface area contributed by atoms with Crippen molar-refractivity contribution in [2.75, 3.05) is 19.4 Å². The molecule has 0 saturated carbocycles. The Labute approximate surface area is 181 Å². The second-order valence-electron chi connectivity index (χ2n) is 8.44. The number of nitrogens with zero attached hydrogens (tertiary/aromatic N) is 2. The zero-order valence-electron chi connectivity index (χ0n) is 17.5. The molecule has 6 heteroatoms. The van der Waals surface area contributed by atoms with E-state index in [4.69, 9.17) is 0 Å². The Balaban J connectivity index is 1.70. The maximum absolute atomic E-state index is 14.4. The molecule has 158 valence electrons. The van der Waals surface area contributed by atoms with E-state index in [2.05, 4.69) is 71.2 Å². The number of benzene rings is 3. The van der Waals surface area contributed by atoms with Crippen LogP contribution in [0.5, 0.6) is 0 Å². The molecule has 0 radical (unpaired) electrons. The third-order valence-corrected chi connectivity index (χ3v) is 5.90. The minimum absolute atomic E-state index is 0.110. The molecule has 0 spiro atoms. The van der Waals surface area contributed by atoms with E-state index >= 15 is 0 Å². The molecular formula is C25H25FN4O. The Morgan fingerprint density at radius 1 is 1.00 bits per heavy atom. The lowest BCUT2D eigenvalue weighted by Crippen LogP contribution is -2.38. The zero-order valence-corrected chi connectivity index (χ0v) is 17.5. The van der Waals surface area contributed by atoms with Crippen LogP contribution in [0.15, 0.2) is 71.8 Å². The van der Waals surface area contributed by atoms with Gasteiger partial charge in [0.2, 0.25) is 0 Å². The first-order valence-corrected chi connectivity index (χ1v) is 10.4. The van der Waals surface area contributed by atoms with Crippen molar-refractivity contribution in [3.63, 3.8) is 0 Å². The summed E-state index contributed by atoms with van der Waals surface area (Å²) in [5.74, 6) is -0.497. The predicted molar refractivity (Wildman–Crippen MR) is 120 cm³/mol. The fraction of sp³-hybridized carbons (Fsp3) is 0.240. The highest BCUT2D eigenvalue weighted by Crippen LogP contribution is 2.46. The molecule has 3 N–H and O–H groups in total. The Kier molecular flexibility index (Phi) is 4.96. The van der Waals surface area contributed by atoms with Crippen molar-refractivity contribution in [2.45, 2.75) is 24.7 Å². The van der Waals surface area contributed by atoms with Crippen LogP contribution in [0.2, 0.25) is 0 Å². The predicted octanol–water partition coefficient (Wildman–Crippen LogP) is 4.14. The van der Waals surface area contributed by atoms with Crippen LogP contribution in [0.1, 0.15) is 46.0 Å². The Morgan fingerprint density at radius 2 is 1.77 bits per heavy atom. The van der Waals surface area contributed by atoms with Crippen LogP contribution >= 0.6 is 0 Å². The summed E-state index contributed by atoms with van der Waals surface area (Å²) in [6.07, 6.45) is -1.04. The summed E-state index contributed by atoms with van der Waals surface area (Å²) in [4.78, 5) is 2.14. The first-order valence-electron chi connectivity index (χ1n) is 10.4. The number of rotatable bonds is 4. The minimum Gasteiger partial charge on any atom is -0.377 e. The molecule has 2 heterocycles. The highest BCUT2D eigenvalue weighted by molar-refractivity contribution is 6.13. The quantitative estimate of drug-likeness (QED) is 0.598. The van der Waals surface area contributed by atoms with E-state index < -0.39 is 6.23 Å². The molecule has 2 aliphatic heterocycles. The van der Waals surface area contributed by atoms with Crippen LogP contribution in [-0.4, -0.2) is 29.8 Å². The van der Waals surface area contributed by atoms with Crippen molar-refractivity contribution in [3.8, 4) is 0 Å². The number of hydrogen-bond donors (Lipinski definition) is 3. The van der Waals surface area contributed by atoms with Crippen LogP contribution in [0.25, 0.3) is 0 Å². The molecule has 5 rings (SSSR count). The number of aliphatic hydroxyl groups excluding tert-OH is 1. The van der Waals surface area contributed by atoms with E-state index in [1.807, 2.05) is 18.2 Å². The van der Waals surface area contributed by atoms with Crippen LogP contribution in [0.4, 0.5) is 10.1 Å². The summed E-state index contributed by atoms with van der Waals surface area (Å²) in [5.41, 5.74) is 8.97. The lowest BCUT2D eigenvalue weighted by atomic mass is 9.75. The number of anilines is 1. The number of hydrogen-bond acceptors (Lipinski definition) is 5. The summed E-state index contributed by atoms with van der Waals surface area (Å²) in [5, 5.41) is 18.5. The van der Waals surface area contributed by atoms with Crippen molar-refractivity contribution in [1.29, 1.82) is 0 Å². The maximum atomic E-state index is 14.4. The van der Waals surface area contributed by atoms with Gasteiger partial charge < -0.3 is 15.3 Å². The van der Waals surface area contributed by atoms with Gasteiger partial charge in [0.1, 0.15) is 5.82 Å². The summed E-state index contributed by atoms with van der Waals surface area (Å²) in [6.45, 7) is 0.834. The van der Waals surface area contributed by atoms with Gasteiger partial charge in [-0.2, -0.15) is 5.10 Å². The minimum atomic E-state index is -1.04. The van der Waals surface area contributed by atoms with Gasteiger partial charge >= 0.3 is 0 Å². The average molecular weight is 417 g/mol. The van der Waals surface area contributed by atoms with Crippen molar-refractivity contribution in [1.82, 2.24) is 10.3 Å². The summed E-state index contributed by atoms with van der Waals surface area (Å²) in [6, 6.07) is 21.4. The van der Waals surface area contributed by atoms with Gasteiger partial charge in [0.05, 0.1) is 17.7 Å². The molecule has 5 nitrogen and oxygen atoms in total. The van der Waals surface area contributed by atoms with Gasteiger partial charge in [0.15, 0.2) is 6.23 Å². The molecule has 0 aromatic heterocycles. The normalized spacial score (nSPS) is 21.7. The second-order valence-corrected chi connectivity index (χ2v) is 8.44. The van der Waals surface area contributed by atoms with Gasteiger partial charge in [-0.25, -0.2) is 4.39 Å². The molecule has 3 unspecified atom stereocenters. The second kappa shape index (κ2) is 7.80. The monoisotopic (exact) mass is 416 g/mol. The molecule has 0 amide bonds. The molecule has 0 aliphatic carbocycles. The molecule has 2 aliphatic rings. The SMILES string of the molecule is CN(C)Cc1cccc(C2C3=NNC(O)c4cc(F)cc(c43)NC2c2ccccc2)c1. The molecule has 3 atom stereocenters. The third-order valence-electron chi connectivity index (χ3n) is 5.90. The smallest absolute Gasteiger partial charge is 0.166 e. The van der Waals surface area contributed by atoms with Crippen molar-refractivity contribution in [3.05, 3.63) is 100 Å². The molecule has 0 saturated heterocycles. The van der Waals surface area contributed by atoms with Crippen LogP contribution in [0.3, 0.4) is 0 Å². The molecule has 0 bridgehead atoms. The van der Waals surface area contributed by atoms with E-state index in [9.17, 15) is 9.50 Å². The van der Waals surface area contributed by atoms with Gasteiger partial charge in [-0.1, -0.05) is 54.6 Å². The summed E-state index contributed by atoms with van der Waals surface area (Å²) < 4.78 is 14.4. The third kappa shape index (κ3) is 3.58. The van der Waals surface area contributed by atoms with E-state index in [1.165, 1.54) is 17.7 Å². The molecule has 0 fully saturated rings. The molecular weight excluding hydrogens is 391 g/mol. The summed E-state index contributed by atoms with van der Waals surface area (Å²) in [7, 11) is 4.10. The highest BCUT2D eigenvalue weighted by Gasteiger charge is 2.40. The van der Waals surface area contributed by atoms with Gasteiger partial charge in [-0.3, -0.25) is 5.43 Å². The first-order chi connectivity index (χ1) is 15.0. The molecule has 3 aromatic carbocycles. The van der Waals surface area contributed by atoms with E-state index in [0.29, 0.717) is 11.3 Å². The van der Waals surface area contributed by atoms with Crippen molar-refractivity contribution in [2.24, 2.45) is 5.10 Å². The molecule has 31 heavy (non-hydrogen) atoms. The van der Waals surface area contributed by atoms with Crippen LogP contribution in [0, 0.1) is 5.82 Å². The first kappa shape index (κ1) is 19.7. The van der Waals surface area contributed by atoms with Gasteiger partial charge in [0, 0.05) is 23.4 Å². The zero-order chi connectivity index (χ0) is 21.5. The number of nitrogens with one attached hydrogen (secondary N) is 2. The lowest BCUT2D eigenvalue weighted by molar-refractivity contribution is 0.137. The van der Waals surface area contributed by atoms with Crippen LogP contribution < -0.4 is 10.7 Å². The van der Waals surface area contributed by atoms with Crippen molar-refractivity contribution >= 4 is 11.4 Å². The fourth-order valence-corrected chi connectivity index (χ4v) is 4.67. The average Bonchev–Trinajstić information content (AvgIpc) is 2.75. The van der Waals surface area contributed by atoms with E-state index in [0.717, 1.165) is 28.9 Å². The summed E-state index contributed by atoms with van der Waals surface area (Å²) >= 11 is 0. The number of halogens is 1. The largest absolute Gasteiger partial charge is 0.377 e. The standard InChI is InChI=1S/C25H25FN4O/c1-30(2)14-15-7-6-10-17(11-15)21-23(16-8-4-3-5-9-16)27-20-13-18(26)12-19-22(20)24(21)28-29-25(19)31/h3-13,21,23,25,27,29,31H,14H2,1-2H3.